The first-order valence-electron chi connectivity index (χ1n) is 7.56. The van der Waals surface area contributed by atoms with Crippen LogP contribution in [0.1, 0.15) is 32.5 Å². The molecule has 0 spiro atoms. The van der Waals surface area contributed by atoms with Crippen LogP contribution in [0.25, 0.3) is 0 Å². The van der Waals surface area contributed by atoms with E-state index < -0.39 is 0 Å². The minimum atomic E-state index is -0.377. The third kappa shape index (κ3) is 3.53. The molecule has 1 aliphatic heterocycles. The summed E-state index contributed by atoms with van der Waals surface area (Å²) in [6.07, 6.45) is 2.23. The molecule has 2 heterocycles. The maximum absolute atomic E-state index is 11.2. The minimum Gasteiger partial charge on any atom is -0.358 e. The average molecular weight is 295 g/mol. The van der Waals surface area contributed by atoms with E-state index in [0.29, 0.717) is 23.6 Å². The fraction of sp³-hybridized carbons (Fsp3) is 0.786. The van der Waals surface area contributed by atoms with Crippen LogP contribution >= 0.6 is 0 Å². The van der Waals surface area contributed by atoms with Crippen molar-refractivity contribution in [2.45, 2.75) is 39.7 Å². The van der Waals surface area contributed by atoms with Crippen molar-refractivity contribution in [2.24, 2.45) is 13.0 Å². The number of hydrogen-bond donors (Lipinski definition) is 1. The fourth-order valence-electron chi connectivity index (χ4n) is 2.88. The standard InChI is InChI=1S/C14H25N5O2/c1-10(2)15-8-12-6-5-7-18(9-12)14-13(19(20)21)16-11(3)17(14)4/h10,12,15H,5-9H2,1-4H3. The molecule has 0 aliphatic carbocycles. The van der Waals surface area contributed by atoms with Crippen LogP contribution in [-0.2, 0) is 7.05 Å². The number of nitrogens with one attached hydrogen (secondary N) is 1. The summed E-state index contributed by atoms with van der Waals surface area (Å²) in [4.78, 5) is 17.1. The van der Waals surface area contributed by atoms with Gasteiger partial charge in [0.2, 0.25) is 11.6 Å². The molecule has 1 fully saturated rings. The van der Waals surface area contributed by atoms with Crippen molar-refractivity contribution in [3.8, 4) is 0 Å². The SMILES string of the molecule is Cc1nc([N+](=O)[O-])c(N2CCCC(CNC(C)C)C2)n1C. The minimum absolute atomic E-state index is 0.0209. The molecule has 0 amide bonds. The second-order valence-electron chi connectivity index (χ2n) is 6.14. The molecule has 0 saturated carbocycles. The van der Waals surface area contributed by atoms with Gasteiger partial charge in [-0.2, -0.15) is 0 Å². The number of imidazole rings is 1. The Balaban J connectivity index is 2.16. The Morgan fingerprint density at radius 1 is 1.52 bits per heavy atom. The van der Waals surface area contributed by atoms with Crippen molar-refractivity contribution in [3.05, 3.63) is 15.9 Å². The number of aromatic nitrogens is 2. The predicted octanol–water partition coefficient (Wildman–Crippen LogP) is 1.85. The summed E-state index contributed by atoms with van der Waals surface area (Å²) in [7, 11) is 1.85. The number of nitrogens with zero attached hydrogens (tertiary/aromatic N) is 4. The van der Waals surface area contributed by atoms with Gasteiger partial charge >= 0.3 is 5.82 Å². The second-order valence-corrected chi connectivity index (χ2v) is 6.14. The lowest BCUT2D eigenvalue weighted by molar-refractivity contribution is -0.388. The molecule has 1 N–H and O–H groups in total. The summed E-state index contributed by atoms with van der Waals surface area (Å²) in [6, 6.07) is 0.466. The summed E-state index contributed by atoms with van der Waals surface area (Å²) in [5.74, 6) is 1.83. The largest absolute Gasteiger partial charge is 0.406 e. The molecule has 7 heteroatoms. The zero-order valence-corrected chi connectivity index (χ0v) is 13.3. The van der Waals surface area contributed by atoms with E-state index in [1.807, 2.05) is 11.6 Å². The second kappa shape index (κ2) is 6.43. The third-order valence-corrected chi connectivity index (χ3v) is 4.08. The van der Waals surface area contributed by atoms with Crippen LogP contribution in [0.2, 0.25) is 0 Å². The van der Waals surface area contributed by atoms with E-state index in [-0.39, 0.29) is 10.7 Å². The number of nitro groups is 1. The lowest BCUT2D eigenvalue weighted by Gasteiger charge is -2.34. The van der Waals surface area contributed by atoms with Gasteiger partial charge in [0.05, 0.1) is 0 Å². The molecule has 1 atom stereocenters. The van der Waals surface area contributed by atoms with E-state index in [9.17, 15) is 10.1 Å². The van der Waals surface area contributed by atoms with Gasteiger partial charge in [0, 0.05) is 33.1 Å². The molecule has 1 aliphatic rings. The third-order valence-electron chi connectivity index (χ3n) is 4.08. The molecule has 21 heavy (non-hydrogen) atoms. The monoisotopic (exact) mass is 295 g/mol. The number of piperidine rings is 1. The zero-order valence-electron chi connectivity index (χ0n) is 13.3. The van der Waals surface area contributed by atoms with E-state index in [1.54, 1.807) is 6.92 Å². The van der Waals surface area contributed by atoms with Gasteiger partial charge < -0.3 is 20.3 Å². The van der Waals surface area contributed by atoms with Crippen LogP contribution in [0.4, 0.5) is 11.6 Å². The Bertz CT molecular complexity index is 512. The summed E-state index contributed by atoms with van der Waals surface area (Å²) < 4.78 is 1.83. The molecule has 2 rings (SSSR count). The van der Waals surface area contributed by atoms with Gasteiger partial charge in [0.1, 0.15) is 0 Å². The van der Waals surface area contributed by atoms with Crippen LogP contribution in [0, 0.1) is 23.0 Å². The van der Waals surface area contributed by atoms with Gasteiger partial charge in [-0.3, -0.25) is 4.57 Å². The maximum atomic E-state index is 11.2. The van der Waals surface area contributed by atoms with Gasteiger partial charge in [-0.05, 0) is 35.2 Å². The van der Waals surface area contributed by atoms with Crippen LogP contribution < -0.4 is 10.2 Å². The number of anilines is 1. The van der Waals surface area contributed by atoms with E-state index in [0.717, 1.165) is 26.1 Å². The van der Waals surface area contributed by atoms with Crippen LogP contribution in [0.3, 0.4) is 0 Å². The molecule has 1 aromatic heterocycles. The van der Waals surface area contributed by atoms with Crippen molar-refractivity contribution in [1.82, 2.24) is 14.9 Å². The normalized spacial score (nSPS) is 19.3. The molecule has 0 bridgehead atoms. The summed E-state index contributed by atoms with van der Waals surface area (Å²) >= 11 is 0. The first kappa shape index (κ1) is 15.8. The summed E-state index contributed by atoms with van der Waals surface area (Å²) in [6.45, 7) is 8.74. The molecular formula is C14H25N5O2. The van der Waals surface area contributed by atoms with Gasteiger partial charge in [0.15, 0.2) is 0 Å². The average Bonchev–Trinajstić information content (AvgIpc) is 2.73. The highest BCUT2D eigenvalue weighted by atomic mass is 16.6. The van der Waals surface area contributed by atoms with Crippen molar-refractivity contribution in [3.63, 3.8) is 0 Å². The molecule has 0 radical (unpaired) electrons. The summed E-state index contributed by atoms with van der Waals surface area (Å²) in [5, 5.41) is 14.7. The lowest BCUT2D eigenvalue weighted by Crippen LogP contribution is -2.41. The lowest BCUT2D eigenvalue weighted by atomic mass is 9.97. The van der Waals surface area contributed by atoms with Crippen molar-refractivity contribution in [1.29, 1.82) is 0 Å². The smallest absolute Gasteiger partial charge is 0.358 e. The van der Waals surface area contributed by atoms with E-state index >= 15 is 0 Å². The van der Waals surface area contributed by atoms with Gasteiger partial charge in [0.25, 0.3) is 0 Å². The fourth-order valence-corrected chi connectivity index (χ4v) is 2.88. The van der Waals surface area contributed by atoms with Gasteiger partial charge in [-0.15, -0.1) is 0 Å². The Kier molecular flexibility index (Phi) is 4.82. The number of rotatable bonds is 5. The number of hydrogen-bond acceptors (Lipinski definition) is 5. The Labute approximate surface area is 125 Å². The zero-order chi connectivity index (χ0) is 15.6. The summed E-state index contributed by atoms with van der Waals surface area (Å²) in [5.41, 5.74) is 0. The molecular weight excluding hydrogens is 270 g/mol. The first-order chi connectivity index (χ1) is 9.90. The highest BCUT2D eigenvalue weighted by Gasteiger charge is 2.31. The highest BCUT2D eigenvalue weighted by Crippen LogP contribution is 2.31. The number of aryl methyl sites for hydroxylation is 1. The maximum Gasteiger partial charge on any atom is 0.406 e. The van der Waals surface area contributed by atoms with E-state index in [2.05, 4.69) is 29.0 Å². The molecule has 1 saturated heterocycles. The Morgan fingerprint density at radius 3 is 2.86 bits per heavy atom. The molecule has 7 nitrogen and oxygen atoms in total. The Morgan fingerprint density at radius 2 is 2.24 bits per heavy atom. The van der Waals surface area contributed by atoms with Crippen molar-refractivity contribution in [2.75, 3.05) is 24.5 Å². The van der Waals surface area contributed by atoms with Crippen molar-refractivity contribution < 1.29 is 4.92 Å². The Hall–Kier alpha value is -1.63. The van der Waals surface area contributed by atoms with Crippen LogP contribution in [-0.4, -0.2) is 40.2 Å². The quantitative estimate of drug-likeness (QED) is 0.662. The molecule has 1 unspecified atom stereocenters. The van der Waals surface area contributed by atoms with Crippen LogP contribution in [0.15, 0.2) is 0 Å². The highest BCUT2D eigenvalue weighted by molar-refractivity contribution is 5.56. The van der Waals surface area contributed by atoms with Crippen molar-refractivity contribution >= 4 is 11.6 Å². The predicted molar refractivity (Wildman–Crippen MR) is 82.7 cm³/mol. The first-order valence-corrected chi connectivity index (χ1v) is 7.56. The molecule has 1 aromatic rings. The van der Waals surface area contributed by atoms with E-state index in [1.165, 1.54) is 6.42 Å². The molecule has 118 valence electrons. The topological polar surface area (TPSA) is 76.2 Å². The van der Waals surface area contributed by atoms with Gasteiger partial charge in [-0.25, -0.2) is 0 Å². The van der Waals surface area contributed by atoms with E-state index in [4.69, 9.17) is 0 Å². The molecule has 0 aromatic carbocycles. The van der Waals surface area contributed by atoms with Crippen LogP contribution in [0.5, 0.6) is 0 Å². The van der Waals surface area contributed by atoms with Gasteiger partial charge in [-0.1, -0.05) is 13.8 Å².